The highest BCUT2D eigenvalue weighted by atomic mass is 16.4. The summed E-state index contributed by atoms with van der Waals surface area (Å²) in [6.07, 6.45) is 3.33. The molecule has 0 spiro atoms. The highest BCUT2D eigenvalue weighted by Crippen LogP contribution is 2.29. The molecule has 58 valence electrons. The second kappa shape index (κ2) is 3.01. The molecule has 0 heterocycles. The van der Waals surface area contributed by atoms with E-state index in [2.05, 4.69) is 5.32 Å². The summed E-state index contributed by atoms with van der Waals surface area (Å²) in [7, 11) is 1.71. The van der Waals surface area contributed by atoms with E-state index >= 15 is 0 Å². The van der Waals surface area contributed by atoms with Crippen molar-refractivity contribution in [1.29, 1.82) is 0 Å². The quantitative estimate of drug-likeness (QED) is 0.603. The van der Waals surface area contributed by atoms with E-state index in [0.717, 1.165) is 12.8 Å². The standard InChI is InChI=1S/C7H13NO2/c1-8-6(7(9)10)5-3-2-4-5/h5-6,8H,2-4H2,1H3,(H,9,10)/t6-/m1/s1. The fraction of sp³-hybridized carbons (Fsp3) is 0.857. The monoisotopic (exact) mass is 143 g/mol. The lowest BCUT2D eigenvalue weighted by Crippen LogP contribution is -2.43. The van der Waals surface area contributed by atoms with Crippen LogP contribution >= 0.6 is 0 Å². The van der Waals surface area contributed by atoms with Gasteiger partial charge in [0.15, 0.2) is 0 Å². The highest BCUT2D eigenvalue weighted by Gasteiger charge is 2.30. The number of likely N-dealkylation sites (N-methyl/N-ethyl adjacent to an activating group) is 1. The van der Waals surface area contributed by atoms with Crippen molar-refractivity contribution in [3.8, 4) is 0 Å². The minimum Gasteiger partial charge on any atom is -0.480 e. The molecule has 0 amide bonds. The number of rotatable bonds is 3. The summed E-state index contributed by atoms with van der Waals surface area (Å²) in [6, 6.07) is -0.311. The third-order valence-corrected chi connectivity index (χ3v) is 2.20. The van der Waals surface area contributed by atoms with Gasteiger partial charge in [-0.05, 0) is 25.8 Å². The zero-order valence-corrected chi connectivity index (χ0v) is 6.13. The van der Waals surface area contributed by atoms with Crippen molar-refractivity contribution in [3.63, 3.8) is 0 Å². The van der Waals surface area contributed by atoms with Gasteiger partial charge in [0.05, 0.1) is 0 Å². The van der Waals surface area contributed by atoms with Gasteiger partial charge < -0.3 is 10.4 Å². The van der Waals surface area contributed by atoms with Gasteiger partial charge in [-0.1, -0.05) is 6.42 Å². The number of carbonyl (C=O) groups is 1. The molecule has 0 bridgehead atoms. The second-order valence-electron chi connectivity index (χ2n) is 2.80. The van der Waals surface area contributed by atoms with Crippen LogP contribution in [0.3, 0.4) is 0 Å². The smallest absolute Gasteiger partial charge is 0.320 e. The van der Waals surface area contributed by atoms with Crippen molar-refractivity contribution >= 4 is 5.97 Å². The molecule has 0 aromatic carbocycles. The van der Waals surface area contributed by atoms with Crippen LogP contribution < -0.4 is 5.32 Å². The third-order valence-electron chi connectivity index (χ3n) is 2.20. The zero-order chi connectivity index (χ0) is 7.56. The molecule has 0 aromatic rings. The number of nitrogens with one attached hydrogen (secondary N) is 1. The molecule has 0 unspecified atom stereocenters. The average Bonchev–Trinajstić information content (AvgIpc) is 1.76. The van der Waals surface area contributed by atoms with Crippen LogP contribution in [0.25, 0.3) is 0 Å². The molecule has 2 N–H and O–H groups in total. The maximum atomic E-state index is 10.5. The largest absolute Gasteiger partial charge is 0.480 e. The summed E-state index contributed by atoms with van der Waals surface area (Å²) in [5, 5.41) is 11.5. The number of hydrogen-bond acceptors (Lipinski definition) is 2. The minimum absolute atomic E-state index is 0.311. The fourth-order valence-corrected chi connectivity index (χ4v) is 1.33. The SMILES string of the molecule is CN[C@@H](C(=O)O)C1CCC1. The van der Waals surface area contributed by atoms with Crippen molar-refractivity contribution in [2.45, 2.75) is 25.3 Å². The van der Waals surface area contributed by atoms with Crippen LogP contribution in [-0.4, -0.2) is 24.2 Å². The minimum atomic E-state index is -0.716. The lowest BCUT2D eigenvalue weighted by molar-refractivity contribution is -0.141. The van der Waals surface area contributed by atoms with Crippen molar-refractivity contribution in [1.82, 2.24) is 5.32 Å². The Morgan fingerprint density at radius 1 is 1.70 bits per heavy atom. The Kier molecular flexibility index (Phi) is 2.27. The van der Waals surface area contributed by atoms with Gasteiger partial charge in [-0.25, -0.2) is 0 Å². The molecule has 1 aliphatic carbocycles. The van der Waals surface area contributed by atoms with Gasteiger partial charge in [0.1, 0.15) is 6.04 Å². The van der Waals surface area contributed by atoms with Crippen molar-refractivity contribution in [2.24, 2.45) is 5.92 Å². The molecule has 3 nitrogen and oxygen atoms in total. The number of aliphatic carboxylic acids is 1. The Morgan fingerprint density at radius 2 is 2.30 bits per heavy atom. The van der Waals surface area contributed by atoms with E-state index in [1.54, 1.807) is 7.05 Å². The average molecular weight is 143 g/mol. The van der Waals surface area contributed by atoms with E-state index in [4.69, 9.17) is 5.11 Å². The van der Waals surface area contributed by atoms with Crippen LogP contribution in [0.2, 0.25) is 0 Å². The van der Waals surface area contributed by atoms with Gasteiger partial charge in [0.25, 0.3) is 0 Å². The van der Waals surface area contributed by atoms with Gasteiger partial charge in [-0.3, -0.25) is 4.79 Å². The molecule has 10 heavy (non-hydrogen) atoms. The molecule has 1 aliphatic rings. The molecule has 0 radical (unpaired) electrons. The molecule has 1 rings (SSSR count). The van der Waals surface area contributed by atoms with E-state index in [0.29, 0.717) is 5.92 Å². The van der Waals surface area contributed by atoms with E-state index in [1.165, 1.54) is 6.42 Å². The first-order valence-corrected chi connectivity index (χ1v) is 3.65. The molecule has 3 heteroatoms. The Morgan fingerprint density at radius 3 is 2.40 bits per heavy atom. The van der Waals surface area contributed by atoms with E-state index in [-0.39, 0.29) is 6.04 Å². The lowest BCUT2D eigenvalue weighted by Gasteiger charge is -2.30. The third kappa shape index (κ3) is 1.29. The van der Waals surface area contributed by atoms with Gasteiger partial charge in [-0.2, -0.15) is 0 Å². The molecule has 0 aromatic heterocycles. The molecular formula is C7H13NO2. The summed E-state index contributed by atoms with van der Waals surface area (Å²) >= 11 is 0. The number of carboxylic acids is 1. The van der Waals surface area contributed by atoms with Crippen LogP contribution in [0.4, 0.5) is 0 Å². The van der Waals surface area contributed by atoms with Gasteiger partial charge in [0.2, 0.25) is 0 Å². The second-order valence-corrected chi connectivity index (χ2v) is 2.80. The molecular weight excluding hydrogens is 130 g/mol. The van der Waals surface area contributed by atoms with Crippen LogP contribution in [0.1, 0.15) is 19.3 Å². The van der Waals surface area contributed by atoms with Crippen molar-refractivity contribution in [3.05, 3.63) is 0 Å². The Labute approximate surface area is 60.4 Å². The van der Waals surface area contributed by atoms with E-state index in [9.17, 15) is 4.79 Å². The maximum Gasteiger partial charge on any atom is 0.320 e. The summed E-state index contributed by atoms with van der Waals surface area (Å²) < 4.78 is 0. The zero-order valence-electron chi connectivity index (χ0n) is 6.13. The lowest BCUT2D eigenvalue weighted by atomic mass is 9.80. The van der Waals surface area contributed by atoms with Gasteiger partial charge in [0, 0.05) is 0 Å². The van der Waals surface area contributed by atoms with E-state index < -0.39 is 5.97 Å². The number of hydrogen-bond donors (Lipinski definition) is 2. The van der Waals surface area contributed by atoms with Crippen LogP contribution in [0, 0.1) is 5.92 Å². The predicted octanol–water partition coefficient (Wildman–Crippen LogP) is 0.459. The Bertz CT molecular complexity index is 132. The first kappa shape index (κ1) is 7.54. The predicted molar refractivity (Wildman–Crippen MR) is 37.8 cm³/mol. The molecule has 0 aliphatic heterocycles. The maximum absolute atomic E-state index is 10.5. The summed E-state index contributed by atoms with van der Waals surface area (Å²) in [4.78, 5) is 10.5. The van der Waals surface area contributed by atoms with Gasteiger partial charge in [-0.15, -0.1) is 0 Å². The van der Waals surface area contributed by atoms with Gasteiger partial charge >= 0.3 is 5.97 Å². The highest BCUT2D eigenvalue weighted by molar-refractivity contribution is 5.73. The topological polar surface area (TPSA) is 49.3 Å². The van der Waals surface area contributed by atoms with Crippen LogP contribution in [0.5, 0.6) is 0 Å². The number of carboxylic acid groups (broad SMARTS) is 1. The van der Waals surface area contributed by atoms with Crippen LogP contribution in [0.15, 0.2) is 0 Å². The Balaban J connectivity index is 2.39. The molecule has 1 atom stereocenters. The fourth-order valence-electron chi connectivity index (χ4n) is 1.33. The first-order chi connectivity index (χ1) is 4.75. The summed E-state index contributed by atoms with van der Waals surface area (Å²) in [6.45, 7) is 0. The first-order valence-electron chi connectivity index (χ1n) is 3.65. The van der Waals surface area contributed by atoms with Crippen molar-refractivity contribution < 1.29 is 9.90 Å². The molecule has 1 saturated carbocycles. The molecule has 0 saturated heterocycles. The summed E-state index contributed by atoms with van der Waals surface area (Å²) in [5.41, 5.74) is 0. The normalized spacial score (nSPS) is 21.7. The summed E-state index contributed by atoms with van der Waals surface area (Å²) in [5.74, 6) is -0.338. The van der Waals surface area contributed by atoms with Crippen LogP contribution in [-0.2, 0) is 4.79 Å². The van der Waals surface area contributed by atoms with Crippen molar-refractivity contribution in [2.75, 3.05) is 7.05 Å². The Hall–Kier alpha value is -0.570. The molecule has 1 fully saturated rings. The van der Waals surface area contributed by atoms with E-state index in [1.807, 2.05) is 0 Å².